The van der Waals surface area contributed by atoms with Crippen molar-refractivity contribution < 1.29 is 24.9 Å². The number of phenols is 3. The summed E-state index contributed by atoms with van der Waals surface area (Å²) in [6, 6.07) is 57.1. The molecule has 1 unspecified atom stereocenters. The van der Waals surface area contributed by atoms with Gasteiger partial charge in [-0.1, -0.05) is 152 Å². The summed E-state index contributed by atoms with van der Waals surface area (Å²) >= 11 is 0. The molecule has 0 saturated carbocycles. The number of carbonyl (C=O) groups is 2. The minimum Gasteiger partial charge on any atom is -0.508 e. The second-order valence-corrected chi connectivity index (χ2v) is 15.7. The average molecular weight is 783 g/mol. The van der Waals surface area contributed by atoms with Crippen molar-refractivity contribution in [3.63, 3.8) is 0 Å². The summed E-state index contributed by atoms with van der Waals surface area (Å²) in [5.41, 5.74) is 11.6. The predicted molar refractivity (Wildman–Crippen MR) is 237 cm³/mol. The average Bonchev–Trinajstić information content (AvgIpc) is 3.28. The Kier molecular flexibility index (Phi) is 9.32. The molecule has 60 heavy (non-hydrogen) atoms. The number of Topliss-reactive ketones (excluding diaryl/α,β-unsaturated/α-hetero) is 2. The first-order valence-electron chi connectivity index (χ1n) is 20.0. The van der Waals surface area contributed by atoms with Crippen molar-refractivity contribution in [3.05, 3.63) is 243 Å². The van der Waals surface area contributed by atoms with Crippen LogP contribution >= 0.6 is 0 Å². The summed E-state index contributed by atoms with van der Waals surface area (Å²) in [5, 5.41) is 29.9. The van der Waals surface area contributed by atoms with E-state index < -0.39 is 10.8 Å². The Bertz CT molecular complexity index is 2880. The molecule has 8 aromatic carbocycles. The van der Waals surface area contributed by atoms with Crippen molar-refractivity contribution in [2.24, 2.45) is 0 Å². The van der Waals surface area contributed by atoms with E-state index in [9.17, 15) is 24.9 Å². The number of hydrogen-bond donors (Lipinski definition) is 3. The summed E-state index contributed by atoms with van der Waals surface area (Å²) in [4.78, 5) is 28.6. The summed E-state index contributed by atoms with van der Waals surface area (Å²) in [6.45, 7) is 6.05. The molecule has 1 atom stereocenters. The Hall–Kier alpha value is -7.50. The molecule has 3 N–H and O–H groups in total. The molecular weight excluding hydrogens is 741 g/mol. The van der Waals surface area contributed by atoms with Gasteiger partial charge in [-0.05, 0) is 123 Å². The topological polar surface area (TPSA) is 94.8 Å². The Morgan fingerprint density at radius 1 is 0.333 bits per heavy atom. The van der Waals surface area contributed by atoms with Crippen molar-refractivity contribution in [1.82, 2.24) is 0 Å². The number of ketones is 2. The Balaban J connectivity index is 0.000000154. The van der Waals surface area contributed by atoms with Gasteiger partial charge >= 0.3 is 0 Å². The maximum Gasteiger partial charge on any atom is 0.182 e. The third-order valence-corrected chi connectivity index (χ3v) is 12.4. The molecule has 2 aliphatic carbocycles. The molecule has 0 spiro atoms. The molecule has 5 heteroatoms. The lowest BCUT2D eigenvalue weighted by atomic mass is 9.60. The van der Waals surface area contributed by atoms with Crippen molar-refractivity contribution in [2.75, 3.05) is 0 Å². The number of aromatic hydroxyl groups is 3. The zero-order valence-electron chi connectivity index (χ0n) is 33.5. The first kappa shape index (κ1) is 38.0. The smallest absolute Gasteiger partial charge is 0.182 e. The highest BCUT2D eigenvalue weighted by molar-refractivity contribution is 6.18. The summed E-state index contributed by atoms with van der Waals surface area (Å²) in [7, 11) is 0. The minimum atomic E-state index is -1.08. The molecular formula is C55H42O5. The number of phenolic OH excluding ortho intramolecular Hbond substituents is 3. The largest absolute Gasteiger partial charge is 0.508 e. The zero-order valence-corrected chi connectivity index (χ0v) is 33.5. The van der Waals surface area contributed by atoms with Crippen LogP contribution in [0.3, 0.4) is 0 Å². The van der Waals surface area contributed by atoms with Crippen LogP contribution in [0.5, 0.6) is 17.2 Å². The highest BCUT2D eigenvalue weighted by atomic mass is 16.3. The number of carbonyl (C=O) groups excluding carboxylic acids is 2. The van der Waals surface area contributed by atoms with Crippen LogP contribution in [0.2, 0.25) is 0 Å². The molecule has 0 radical (unpaired) electrons. The Labute approximate surface area is 349 Å². The molecule has 2 aliphatic rings. The van der Waals surface area contributed by atoms with E-state index in [4.69, 9.17) is 0 Å². The van der Waals surface area contributed by atoms with Crippen LogP contribution in [0.25, 0.3) is 22.3 Å². The van der Waals surface area contributed by atoms with Gasteiger partial charge in [-0.2, -0.15) is 0 Å². The number of rotatable bonds is 4. The molecule has 0 bridgehead atoms. The number of benzene rings is 8. The fourth-order valence-electron chi connectivity index (χ4n) is 9.34. The fraction of sp³-hybridized carbons (Fsp3) is 0.0909. The van der Waals surface area contributed by atoms with Crippen LogP contribution in [0.15, 0.2) is 182 Å². The van der Waals surface area contributed by atoms with Gasteiger partial charge in [0.25, 0.3) is 0 Å². The van der Waals surface area contributed by atoms with Crippen LogP contribution in [0, 0.1) is 20.8 Å². The molecule has 292 valence electrons. The van der Waals surface area contributed by atoms with Crippen molar-refractivity contribution >= 4 is 11.6 Å². The standard InChI is InChI=1S/C29H24O2.C26H18O3/c1-18-12-13-21(16-19(18)2)29(22-14-15-27(30)20(3)17-22)26-11-7-6-9-24(26)23-8-4-5-10-25(23)28(29)31;27-19-13-9-17(10-14-19)26(18-11-15-20(28)16-12-18)24-8-4-3-6-22(24)21-5-1-2-7-23(21)25(26)29/h4-17,30H,1-3H3;1-16,27-28H. The minimum absolute atomic E-state index is 0.0248. The molecule has 0 aliphatic heterocycles. The summed E-state index contributed by atoms with van der Waals surface area (Å²) < 4.78 is 0. The fourth-order valence-corrected chi connectivity index (χ4v) is 9.34. The van der Waals surface area contributed by atoms with E-state index in [-0.39, 0.29) is 28.8 Å². The SMILES string of the molecule is Cc1ccc(C2(c3ccc(O)c(C)c3)C(=O)c3ccccc3-c3ccccc32)cc1C.O=C1c2ccccc2-c2ccccc2C1(c1ccc(O)cc1)c1ccc(O)cc1. The predicted octanol–water partition coefficient (Wildman–Crippen LogP) is 11.8. The molecule has 8 aromatic rings. The number of fused-ring (bicyclic) bond motifs is 6. The zero-order chi connectivity index (χ0) is 41.8. The highest BCUT2D eigenvalue weighted by Crippen LogP contribution is 2.53. The number of aryl methyl sites for hydroxylation is 3. The molecule has 0 heterocycles. The van der Waals surface area contributed by atoms with E-state index in [1.165, 1.54) is 5.56 Å². The first-order valence-corrected chi connectivity index (χ1v) is 20.0. The third kappa shape index (κ3) is 5.77. The molecule has 5 nitrogen and oxygen atoms in total. The van der Waals surface area contributed by atoms with Crippen molar-refractivity contribution in [2.45, 2.75) is 31.6 Å². The van der Waals surface area contributed by atoms with E-state index >= 15 is 0 Å². The second-order valence-electron chi connectivity index (χ2n) is 15.7. The third-order valence-electron chi connectivity index (χ3n) is 12.4. The first-order chi connectivity index (χ1) is 29.1. The van der Waals surface area contributed by atoms with Crippen LogP contribution in [0.4, 0.5) is 0 Å². The monoisotopic (exact) mass is 782 g/mol. The lowest BCUT2D eigenvalue weighted by Crippen LogP contribution is -2.41. The van der Waals surface area contributed by atoms with Gasteiger partial charge < -0.3 is 15.3 Å². The highest BCUT2D eigenvalue weighted by Gasteiger charge is 2.50. The van der Waals surface area contributed by atoms with Gasteiger partial charge in [0.15, 0.2) is 11.6 Å². The van der Waals surface area contributed by atoms with Gasteiger partial charge in [-0.3, -0.25) is 9.59 Å². The van der Waals surface area contributed by atoms with Crippen LogP contribution in [0.1, 0.15) is 70.8 Å². The van der Waals surface area contributed by atoms with Crippen molar-refractivity contribution in [1.29, 1.82) is 0 Å². The van der Waals surface area contributed by atoms with Gasteiger partial charge in [0.2, 0.25) is 0 Å². The second kappa shape index (κ2) is 14.7. The lowest BCUT2D eigenvalue weighted by molar-refractivity contribution is 0.0925. The van der Waals surface area contributed by atoms with Crippen molar-refractivity contribution in [3.8, 4) is 39.5 Å². The van der Waals surface area contributed by atoms with E-state index in [1.54, 1.807) is 54.6 Å². The Morgan fingerprint density at radius 2 is 0.683 bits per heavy atom. The lowest BCUT2D eigenvalue weighted by Gasteiger charge is -2.40. The summed E-state index contributed by atoms with van der Waals surface area (Å²) in [5.74, 6) is 0.562. The Morgan fingerprint density at radius 3 is 1.12 bits per heavy atom. The maximum absolute atomic E-state index is 14.4. The number of hydrogen-bond acceptors (Lipinski definition) is 5. The van der Waals surface area contributed by atoms with Gasteiger partial charge in [-0.15, -0.1) is 0 Å². The van der Waals surface area contributed by atoms with Gasteiger partial charge in [0.05, 0.1) is 0 Å². The van der Waals surface area contributed by atoms with E-state index in [0.717, 1.165) is 72.3 Å². The van der Waals surface area contributed by atoms with Crippen LogP contribution in [-0.4, -0.2) is 26.9 Å². The molecule has 0 aromatic heterocycles. The van der Waals surface area contributed by atoms with Crippen LogP contribution < -0.4 is 0 Å². The van der Waals surface area contributed by atoms with E-state index in [1.807, 2.05) is 104 Å². The van der Waals surface area contributed by atoms with Gasteiger partial charge in [-0.25, -0.2) is 0 Å². The molecule has 0 saturated heterocycles. The molecule has 0 amide bonds. The van der Waals surface area contributed by atoms with Gasteiger partial charge in [0.1, 0.15) is 28.1 Å². The molecule has 10 rings (SSSR count). The van der Waals surface area contributed by atoms with Gasteiger partial charge in [0, 0.05) is 11.1 Å². The van der Waals surface area contributed by atoms with Crippen LogP contribution in [-0.2, 0) is 10.8 Å². The summed E-state index contributed by atoms with van der Waals surface area (Å²) in [6.07, 6.45) is 0. The van der Waals surface area contributed by atoms with E-state index in [0.29, 0.717) is 5.56 Å². The van der Waals surface area contributed by atoms with E-state index in [2.05, 4.69) is 44.2 Å². The maximum atomic E-state index is 14.4. The molecule has 0 fully saturated rings. The quantitative estimate of drug-likeness (QED) is 0.165. The normalized spacial score (nSPS) is 15.7.